The molecule has 0 aliphatic carbocycles. The van der Waals surface area contributed by atoms with Gasteiger partial charge in [0.15, 0.2) is 0 Å². The molecular formula is C21H24N2O3. The van der Waals surface area contributed by atoms with Crippen molar-refractivity contribution >= 4 is 17.5 Å². The summed E-state index contributed by atoms with van der Waals surface area (Å²) in [5, 5.41) is 2.95. The van der Waals surface area contributed by atoms with E-state index < -0.39 is 0 Å². The lowest BCUT2D eigenvalue weighted by molar-refractivity contribution is -0.121. The zero-order chi connectivity index (χ0) is 18.4. The third kappa shape index (κ3) is 4.63. The second-order valence-corrected chi connectivity index (χ2v) is 6.47. The zero-order valence-corrected chi connectivity index (χ0v) is 15.0. The summed E-state index contributed by atoms with van der Waals surface area (Å²) in [7, 11) is 0. The van der Waals surface area contributed by atoms with Gasteiger partial charge in [0.1, 0.15) is 5.75 Å². The van der Waals surface area contributed by atoms with Crippen LogP contribution in [0.1, 0.15) is 18.9 Å². The quantitative estimate of drug-likeness (QED) is 0.834. The van der Waals surface area contributed by atoms with Crippen molar-refractivity contribution in [1.29, 1.82) is 0 Å². The molecule has 1 N–H and O–H groups in total. The fraction of sp³-hybridized carbons (Fsp3) is 0.333. The van der Waals surface area contributed by atoms with Crippen LogP contribution in [0.2, 0.25) is 0 Å². The first-order valence-electron chi connectivity index (χ1n) is 8.99. The maximum atomic E-state index is 12.3. The average Bonchev–Trinajstić information content (AvgIpc) is 3.03. The highest BCUT2D eigenvalue weighted by molar-refractivity contribution is 5.95. The Labute approximate surface area is 154 Å². The number of hydrogen-bond acceptors (Lipinski definition) is 3. The van der Waals surface area contributed by atoms with E-state index in [1.807, 2.05) is 61.5 Å². The van der Waals surface area contributed by atoms with Gasteiger partial charge >= 0.3 is 0 Å². The molecule has 0 bridgehead atoms. The molecule has 1 aliphatic heterocycles. The minimum Gasteiger partial charge on any atom is -0.494 e. The molecule has 2 amide bonds. The predicted octanol–water partition coefficient (Wildman–Crippen LogP) is 2.80. The van der Waals surface area contributed by atoms with Gasteiger partial charge in [-0.3, -0.25) is 9.59 Å². The summed E-state index contributed by atoms with van der Waals surface area (Å²) in [4.78, 5) is 26.2. The second-order valence-electron chi connectivity index (χ2n) is 6.47. The van der Waals surface area contributed by atoms with Crippen molar-refractivity contribution in [1.82, 2.24) is 5.32 Å². The highest BCUT2D eigenvalue weighted by atomic mass is 16.5. The van der Waals surface area contributed by atoms with Crippen LogP contribution in [-0.2, 0) is 16.0 Å². The summed E-state index contributed by atoms with van der Waals surface area (Å²) >= 11 is 0. The van der Waals surface area contributed by atoms with Gasteiger partial charge in [-0.15, -0.1) is 0 Å². The van der Waals surface area contributed by atoms with Gasteiger partial charge < -0.3 is 15.0 Å². The number of nitrogens with zero attached hydrogens (tertiary/aromatic N) is 1. The number of amides is 2. The fourth-order valence-corrected chi connectivity index (χ4v) is 3.16. The molecule has 2 aromatic carbocycles. The van der Waals surface area contributed by atoms with Crippen molar-refractivity contribution in [2.75, 3.05) is 24.6 Å². The molecule has 26 heavy (non-hydrogen) atoms. The van der Waals surface area contributed by atoms with Gasteiger partial charge in [0.05, 0.1) is 13.0 Å². The lowest BCUT2D eigenvalue weighted by atomic mass is 10.1. The van der Waals surface area contributed by atoms with Crippen LogP contribution in [0.3, 0.4) is 0 Å². The smallest absolute Gasteiger partial charge is 0.227 e. The molecule has 136 valence electrons. The van der Waals surface area contributed by atoms with E-state index in [1.165, 1.54) is 0 Å². The van der Waals surface area contributed by atoms with Crippen molar-refractivity contribution in [2.24, 2.45) is 5.92 Å². The highest BCUT2D eigenvalue weighted by Gasteiger charge is 2.30. The van der Waals surface area contributed by atoms with Crippen LogP contribution in [0, 0.1) is 5.92 Å². The van der Waals surface area contributed by atoms with Crippen molar-refractivity contribution in [3.8, 4) is 5.75 Å². The Morgan fingerprint density at radius 1 is 1.15 bits per heavy atom. The van der Waals surface area contributed by atoms with Crippen LogP contribution in [0.15, 0.2) is 54.6 Å². The van der Waals surface area contributed by atoms with Gasteiger partial charge in [0.25, 0.3) is 0 Å². The first-order chi connectivity index (χ1) is 12.7. The van der Waals surface area contributed by atoms with E-state index in [9.17, 15) is 9.59 Å². The van der Waals surface area contributed by atoms with E-state index in [-0.39, 0.29) is 17.7 Å². The zero-order valence-electron chi connectivity index (χ0n) is 15.0. The third-order valence-corrected chi connectivity index (χ3v) is 4.46. The van der Waals surface area contributed by atoms with E-state index in [1.54, 1.807) is 4.90 Å². The molecule has 0 radical (unpaired) electrons. The molecule has 0 aromatic heterocycles. The SMILES string of the molecule is CCOc1ccc(N2CC(CNC(=O)Cc3ccccc3)CC2=O)cc1. The molecule has 3 rings (SSSR count). The van der Waals surface area contributed by atoms with Crippen LogP contribution < -0.4 is 15.0 Å². The topological polar surface area (TPSA) is 58.6 Å². The van der Waals surface area contributed by atoms with Crippen LogP contribution in [-0.4, -0.2) is 31.5 Å². The van der Waals surface area contributed by atoms with E-state index in [4.69, 9.17) is 4.74 Å². The molecule has 1 fully saturated rings. The Bertz CT molecular complexity index is 744. The highest BCUT2D eigenvalue weighted by Crippen LogP contribution is 2.26. The number of rotatable bonds is 7. The first kappa shape index (κ1) is 18.0. The number of benzene rings is 2. The van der Waals surface area contributed by atoms with Gasteiger partial charge in [-0.1, -0.05) is 30.3 Å². The maximum absolute atomic E-state index is 12.3. The Hall–Kier alpha value is -2.82. The normalized spacial score (nSPS) is 16.6. The average molecular weight is 352 g/mol. The Morgan fingerprint density at radius 2 is 1.88 bits per heavy atom. The summed E-state index contributed by atoms with van der Waals surface area (Å²) in [5.74, 6) is 1.01. The molecule has 5 heteroatoms. The molecule has 2 aromatic rings. The van der Waals surface area contributed by atoms with E-state index in [0.717, 1.165) is 17.0 Å². The Balaban J connectivity index is 1.50. The van der Waals surface area contributed by atoms with Crippen LogP contribution >= 0.6 is 0 Å². The van der Waals surface area contributed by atoms with E-state index >= 15 is 0 Å². The van der Waals surface area contributed by atoms with Gasteiger partial charge in [-0.25, -0.2) is 0 Å². The predicted molar refractivity (Wildman–Crippen MR) is 101 cm³/mol. The minimum atomic E-state index is -0.0110. The number of carbonyl (C=O) groups excluding carboxylic acids is 2. The Kier molecular flexibility index (Phi) is 5.89. The number of anilines is 1. The van der Waals surface area contributed by atoms with Crippen molar-refractivity contribution in [3.05, 3.63) is 60.2 Å². The summed E-state index contributed by atoms with van der Waals surface area (Å²) in [6, 6.07) is 17.2. The molecule has 1 heterocycles. The minimum absolute atomic E-state index is 0.0110. The monoisotopic (exact) mass is 352 g/mol. The number of carbonyl (C=O) groups is 2. The number of ether oxygens (including phenoxy) is 1. The lowest BCUT2D eigenvalue weighted by Gasteiger charge is -2.17. The van der Waals surface area contributed by atoms with Gasteiger partial charge in [0, 0.05) is 31.1 Å². The lowest BCUT2D eigenvalue weighted by Crippen LogP contribution is -2.32. The molecule has 5 nitrogen and oxygen atoms in total. The molecule has 1 saturated heterocycles. The Morgan fingerprint density at radius 3 is 2.58 bits per heavy atom. The summed E-state index contributed by atoms with van der Waals surface area (Å²) in [6.45, 7) is 3.70. The van der Waals surface area contributed by atoms with Crippen LogP contribution in [0.5, 0.6) is 5.75 Å². The van der Waals surface area contributed by atoms with Crippen molar-refractivity contribution in [2.45, 2.75) is 19.8 Å². The second kappa shape index (κ2) is 8.52. The summed E-state index contributed by atoms with van der Waals surface area (Å²) < 4.78 is 5.43. The third-order valence-electron chi connectivity index (χ3n) is 4.46. The molecule has 1 unspecified atom stereocenters. The first-order valence-corrected chi connectivity index (χ1v) is 8.99. The van der Waals surface area contributed by atoms with E-state index in [2.05, 4.69) is 5.32 Å². The standard InChI is InChI=1S/C21H24N2O3/c1-2-26-19-10-8-18(9-11-19)23-15-17(13-21(23)25)14-22-20(24)12-16-6-4-3-5-7-16/h3-11,17H,2,12-15H2,1H3,(H,22,24). The van der Waals surface area contributed by atoms with Crippen molar-refractivity contribution < 1.29 is 14.3 Å². The van der Waals surface area contributed by atoms with Gasteiger partial charge in [0.2, 0.25) is 11.8 Å². The van der Waals surface area contributed by atoms with Crippen LogP contribution in [0.25, 0.3) is 0 Å². The van der Waals surface area contributed by atoms with E-state index in [0.29, 0.717) is 32.5 Å². The fourth-order valence-electron chi connectivity index (χ4n) is 3.16. The molecule has 1 aliphatic rings. The van der Waals surface area contributed by atoms with Gasteiger partial charge in [-0.2, -0.15) is 0 Å². The van der Waals surface area contributed by atoms with Crippen LogP contribution in [0.4, 0.5) is 5.69 Å². The summed E-state index contributed by atoms with van der Waals surface area (Å²) in [6.07, 6.45) is 0.822. The molecule has 1 atom stereocenters. The van der Waals surface area contributed by atoms with Crippen molar-refractivity contribution in [3.63, 3.8) is 0 Å². The molecule has 0 saturated carbocycles. The number of nitrogens with one attached hydrogen (secondary N) is 1. The molecular weight excluding hydrogens is 328 g/mol. The summed E-state index contributed by atoms with van der Waals surface area (Å²) in [5.41, 5.74) is 1.86. The molecule has 0 spiro atoms. The largest absolute Gasteiger partial charge is 0.494 e. The maximum Gasteiger partial charge on any atom is 0.227 e. The van der Waals surface area contributed by atoms with Gasteiger partial charge in [-0.05, 0) is 36.8 Å². The number of hydrogen-bond donors (Lipinski definition) is 1.